The van der Waals surface area contributed by atoms with Gasteiger partial charge in [-0.05, 0) is 6.42 Å². The number of nitrogens with zero attached hydrogens (tertiary/aromatic N) is 2. The number of hydrogen-bond acceptors (Lipinski definition) is 4. The molecule has 1 heterocycles. The first-order valence-electron chi connectivity index (χ1n) is 5.30. The molecule has 1 aliphatic carbocycles. The maximum atomic E-state index is 13.0. The van der Waals surface area contributed by atoms with E-state index in [0.717, 1.165) is 0 Å². The van der Waals surface area contributed by atoms with Crippen LogP contribution in [0.25, 0.3) is 0 Å². The number of carbonyl (C=O) groups is 1. The molecular formula is C11H12F2N2O2. The standard InChI is InChI=1S/C11H12F2N2O2/c1-17-10(16)8-5-14-9(15-6-8)7-2-3-11(12,13)4-7/h5-7H,2-4H2,1H3. The van der Waals surface area contributed by atoms with Crippen LogP contribution in [0.2, 0.25) is 0 Å². The molecular weight excluding hydrogens is 230 g/mol. The van der Waals surface area contributed by atoms with Gasteiger partial charge >= 0.3 is 5.97 Å². The van der Waals surface area contributed by atoms with Gasteiger partial charge in [-0.3, -0.25) is 0 Å². The van der Waals surface area contributed by atoms with E-state index in [1.165, 1.54) is 19.5 Å². The van der Waals surface area contributed by atoms with Crippen molar-refractivity contribution in [2.75, 3.05) is 7.11 Å². The molecule has 0 aliphatic heterocycles. The summed E-state index contributed by atoms with van der Waals surface area (Å²) in [6.07, 6.45) is 2.66. The molecule has 0 aromatic carbocycles. The molecule has 92 valence electrons. The van der Waals surface area contributed by atoms with Crippen LogP contribution in [0, 0.1) is 0 Å². The second kappa shape index (κ2) is 4.35. The molecule has 1 saturated carbocycles. The van der Waals surface area contributed by atoms with Crippen molar-refractivity contribution in [3.05, 3.63) is 23.8 Å². The molecule has 1 aromatic heterocycles. The highest BCUT2D eigenvalue weighted by Gasteiger charge is 2.41. The Morgan fingerprint density at radius 3 is 2.59 bits per heavy atom. The Balaban J connectivity index is 2.11. The van der Waals surface area contributed by atoms with Gasteiger partial charge in [-0.15, -0.1) is 0 Å². The van der Waals surface area contributed by atoms with E-state index in [1.807, 2.05) is 0 Å². The van der Waals surface area contributed by atoms with E-state index in [2.05, 4.69) is 14.7 Å². The monoisotopic (exact) mass is 242 g/mol. The van der Waals surface area contributed by atoms with Gasteiger partial charge in [0.25, 0.3) is 0 Å². The van der Waals surface area contributed by atoms with Crippen LogP contribution < -0.4 is 0 Å². The second-order valence-corrected chi connectivity index (χ2v) is 4.12. The van der Waals surface area contributed by atoms with Gasteiger partial charge in [0, 0.05) is 31.2 Å². The van der Waals surface area contributed by atoms with Crippen molar-refractivity contribution in [1.29, 1.82) is 0 Å². The molecule has 1 aromatic rings. The van der Waals surface area contributed by atoms with Crippen molar-refractivity contribution in [3.8, 4) is 0 Å². The maximum Gasteiger partial charge on any atom is 0.341 e. The summed E-state index contributed by atoms with van der Waals surface area (Å²) in [5.74, 6) is -3.10. The highest BCUT2D eigenvalue weighted by Crippen LogP contribution is 2.42. The number of esters is 1. The van der Waals surface area contributed by atoms with E-state index in [0.29, 0.717) is 12.2 Å². The Hall–Kier alpha value is -1.59. The van der Waals surface area contributed by atoms with Crippen LogP contribution in [0.5, 0.6) is 0 Å². The number of halogens is 2. The number of methoxy groups -OCH3 is 1. The maximum absolute atomic E-state index is 13.0. The van der Waals surface area contributed by atoms with Gasteiger partial charge in [-0.25, -0.2) is 23.5 Å². The summed E-state index contributed by atoms with van der Waals surface area (Å²) in [5, 5.41) is 0. The van der Waals surface area contributed by atoms with E-state index >= 15 is 0 Å². The van der Waals surface area contributed by atoms with Crippen LogP contribution in [0.1, 0.15) is 41.4 Å². The first kappa shape index (κ1) is 11.9. The summed E-state index contributed by atoms with van der Waals surface area (Å²) < 4.78 is 30.5. The van der Waals surface area contributed by atoms with Crippen molar-refractivity contribution in [2.45, 2.75) is 31.1 Å². The third kappa shape index (κ3) is 2.57. The minimum absolute atomic E-state index is 0.125. The van der Waals surface area contributed by atoms with Crippen LogP contribution in [0.4, 0.5) is 8.78 Å². The van der Waals surface area contributed by atoms with Crippen LogP contribution >= 0.6 is 0 Å². The minimum atomic E-state index is -2.62. The first-order chi connectivity index (χ1) is 8.02. The Morgan fingerprint density at radius 1 is 1.47 bits per heavy atom. The summed E-state index contributed by atoms with van der Waals surface area (Å²) in [5.41, 5.74) is 0.223. The van der Waals surface area contributed by atoms with Gasteiger partial charge in [-0.2, -0.15) is 0 Å². The van der Waals surface area contributed by atoms with Crippen molar-refractivity contribution >= 4 is 5.97 Å². The summed E-state index contributed by atoms with van der Waals surface area (Å²) >= 11 is 0. The second-order valence-electron chi connectivity index (χ2n) is 4.12. The fourth-order valence-electron chi connectivity index (χ4n) is 1.94. The van der Waals surface area contributed by atoms with Crippen molar-refractivity contribution in [2.24, 2.45) is 0 Å². The first-order valence-corrected chi connectivity index (χ1v) is 5.30. The van der Waals surface area contributed by atoms with E-state index in [1.54, 1.807) is 0 Å². The summed E-state index contributed by atoms with van der Waals surface area (Å²) in [6, 6.07) is 0. The summed E-state index contributed by atoms with van der Waals surface area (Å²) in [4.78, 5) is 19.0. The normalized spacial score (nSPS) is 22.4. The van der Waals surface area contributed by atoms with Crippen LogP contribution in [0.3, 0.4) is 0 Å². The zero-order valence-electron chi connectivity index (χ0n) is 9.32. The lowest BCUT2D eigenvalue weighted by molar-refractivity contribution is 0.00751. The Kier molecular flexibility index (Phi) is 3.04. The zero-order chi connectivity index (χ0) is 12.5. The van der Waals surface area contributed by atoms with Crippen molar-refractivity contribution in [3.63, 3.8) is 0 Å². The van der Waals surface area contributed by atoms with E-state index in [-0.39, 0.29) is 24.3 Å². The SMILES string of the molecule is COC(=O)c1cnc(C2CCC(F)(F)C2)nc1. The van der Waals surface area contributed by atoms with E-state index in [9.17, 15) is 13.6 Å². The molecule has 4 nitrogen and oxygen atoms in total. The minimum Gasteiger partial charge on any atom is -0.465 e. The Morgan fingerprint density at radius 2 is 2.12 bits per heavy atom. The number of alkyl halides is 2. The van der Waals surface area contributed by atoms with Gasteiger partial charge in [0.1, 0.15) is 5.82 Å². The molecule has 0 spiro atoms. The molecule has 0 N–H and O–H groups in total. The van der Waals surface area contributed by atoms with E-state index < -0.39 is 11.9 Å². The lowest BCUT2D eigenvalue weighted by atomic mass is 10.1. The van der Waals surface area contributed by atoms with Gasteiger partial charge < -0.3 is 4.74 Å². The molecule has 17 heavy (non-hydrogen) atoms. The molecule has 1 fully saturated rings. The Bertz CT molecular complexity index is 420. The number of hydrogen-bond donors (Lipinski definition) is 0. The van der Waals surface area contributed by atoms with Gasteiger partial charge in [-0.1, -0.05) is 0 Å². The van der Waals surface area contributed by atoms with Gasteiger partial charge in [0.15, 0.2) is 0 Å². The van der Waals surface area contributed by atoms with Gasteiger partial charge in [0.05, 0.1) is 12.7 Å². The molecule has 0 saturated heterocycles. The highest BCUT2D eigenvalue weighted by atomic mass is 19.3. The average molecular weight is 242 g/mol. The molecule has 6 heteroatoms. The molecule has 1 atom stereocenters. The van der Waals surface area contributed by atoms with Gasteiger partial charge in [0.2, 0.25) is 5.92 Å². The summed E-state index contributed by atoms with van der Waals surface area (Å²) in [7, 11) is 1.26. The number of carbonyl (C=O) groups excluding carboxylic acids is 1. The molecule has 2 rings (SSSR count). The zero-order valence-corrected chi connectivity index (χ0v) is 9.32. The van der Waals surface area contributed by atoms with Crippen molar-refractivity contribution in [1.82, 2.24) is 9.97 Å². The van der Waals surface area contributed by atoms with E-state index in [4.69, 9.17) is 0 Å². The van der Waals surface area contributed by atoms with Crippen LogP contribution in [-0.4, -0.2) is 29.0 Å². The topological polar surface area (TPSA) is 52.1 Å². The lowest BCUT2D eigenvalue weighted by Gasteiger charge is -2.09. The average Bonchev–Trinajstić information content (AvgIpc) is 2.69. The molecule has 0 bridgehead atoms. The fraction of sp³-hybridized carbons (Fsp3) is 0.545. The molecule has 1 unspecified atom stereocenters. The number of aromatic nitrogens is 2. The Labute approximate surface area is 97.0 Å². The number of rotatable bonds is 2. The predicted octanol–water partition coefficient (Wildman–Crippen LogP) is 2.17. The largest absolute Gasteiger partial charge is 0.465 e. The van der Waals surface area contributed by atoms with Crippen molar-refractivity contribution < 1.29 is 18.3 Å². The smallest absolute Gasteiger partial charge is 0.341 e. The lowest BCUT2D eigenvalue weighted by Crippen LogP contribution is -2.11. The predicted molar refractivity (Wildman–Crippen MR) is 54.9 cm³/mol. The third-order valence-electron chi connectivity index (χ3n) is 2.86. The quantitative estimate of drug-likeness (QED) is 0.746. The summed E-state index contributed by atoms with van der Waals surface area (Å²) in [6.45, 7) is 0. The fourth-order valence-corrected chi connectivity index (χ4v) is 1.94. The molecule has 1 aliphatic rings. The molecule has 0 amide bonds. The number of ether oxygens (including phenoxy) is 1. The highest BCUT2D eigenvalue weighted by molar-refractivity contribution is 5.88. The molecule has 0 radical (unpaired) electrons. The third-order valence-corrected chi connectivity index (χ3v) is 2.86. The van der Waals surface area contributed by atoms with Crippen LogP contribution in [-0.2, 0) is 4.74 Å². The van der Waals surface area contributed by atoms with Crippen LogP contribution in [0.15, 0.2) is 12.4 Å².